The number of sulfone groups is 1. The van der Waals surface area contributed by atoms with E-state index in [-0.39, 0.29) is 23.4 Å². The standard InChI is InChI=1S/C13H19N3O3S/c1-9-3-4-12(11(7-9)13(14)15-17)16(2)10-5-6-20(18,19)8-10/h3-4,7,10,17H,5-6,8H2,1-2H3,(H2,14,15). The normalized spacial score (nSPS) is 21.9. The number of benzene rings is 1. The predicted molar refractivity (Wildman–Crippen MR) is 79.2 cm³/mol. The molecule has 1 fully saturated rings. The second kappa shape index (κ2) is 5.32. The predicted octanol–water partition coefficient (Wildman–Crippen LogP) is 0.713. The van der Waals surface area contributed by atoms with E-state index in [1.54, 1.807) is 0 Å². The molecule has 1 saturated heterocycles. The average Bonchev–Trinajstić information content (AvgIpc) is 2.77. The van der Waals surface area contributed by atoms with Crippen molar-refractivity contribution in [2.45, 2.75) is 19.4 Å². The molecular weight excluding hydrogens is 278 g/mol. The summed E-state index contributed by atoms with van der Waals surface area (Å²) in [7, 11) is -1.11. The van der Waals surface area contributed by atoms with Crippen molar-refractivity contribution in [3.8, 4) is 0 Å². The second-order valence-corrected chi connectivity index (χ2v) is 7.40. The average molecular weight is 297 g/mol. The third kappa shape index (κ3) is 2.87. The Bertz CT molecular complexity index is 640. The number of hydrogen-bond acceptors (Lipinski definition) is 5. The van der Waals surface area contributed by atoms with Crippen LogP contribution in [0.15, 0.2) is 23.4 Å². The number of anilines is 1. The van der Waals surface area contributed by atoms with E-state index in [9.17, 15) is 8.42 Å². The summed E-state index contributed by atoms with van der Waals surface area (Å²) < 4.78 is 23.2. The van der Waals surface area contributed by atoms with Crippen LogP contribution in [-0.4, -0.2) is 44.1 Å². The lowest BCUT2D eigenvalue weighted by Crippen LogP contribution is -2.34. The topological polar surface area (TPSA) is 96.0 Å². The molecule has 6 nitrogen and oxygen atoms in total. The number of amidine groups is 1. The largest absolute Gasteiger partial charge is 0.409 e. The number of nitrogens with two attached hydrogens (primary N) is 1. The molecule has 0 bridgehead atoms. The molecule has 7 heteroatoms. The summed E-state index contributed by atoms with van der Waals surface area (Å²) in [5.74, 6) is 0.385. The van der Waals surface area contributed by atoms with Gasteiger partial charge in [-0.05, 0) is 25.5 Å². The van der Waals surface area contributed by atoms with Crippen LogP contribution in [0.2, 0.25) is 0 Å². The molecule has 1 heterocycles. The Morgan fingerprint density at radius 3 is 2.75 bits per heavy atom. The summed E-state index contributed by atoms with van der Waals surface area (Å²) in [5.41, 5.74) is 8.08. The Labute approximate surface area is 118 Å². The van der Waals surface area contributed by atoms with Crippen molar-refractivity contribution in [3.63, 3.8) is 0 Å². The van der Waals surface area contributed by atoms with Crippen LogP contribution in [0.3, 0.4) is 0 Å². The first-order valence-corrected chi connectivity index (χ1v) is 8.18. The second-order valence-electron chi connectivity index (χ2n) is 5.17. The highest BCUT2D eigenvalue weighted by molar-refractivity contribution is 7.91. The van der Waals surface area contributed by atoms with Crippen LogP contribution in [0.5, 0.6) is 0 Å². The SMILES string of the molecule is Cc1ccc(N(C)C2CCS(=O)(=O)C2)c(/C(N)=N/O)c1. The van der Waals surface area contributed by atoms with Gasteiger partial charge in [0.15, 0.2) is 15.7 Å². The molecular formula is C13H19N3O3S. The lowest BCUT2D eigenvalue weighted by Gasteiger charge is -2.27. The van der Waals surface area contributed by atoms with Gasteiger partial charge in [-0.2, -0.15) is 0 Å². The zero-order chi connectivity index (χ0) is 14.9. The zero-order valence-corrected chi connectivity index (χ0v) is 12.4. The molecule has 1 atom stereocenters. The summed E-state index contributed by atoms with van der Waals surface area (Å²) in [4.78, 5) is 1.90. The Hall–Kier alpha value is -1.76. The molecule has 1 aromatic carbocycles. The van der Waals surface area contributed by atoms with Crippen molar-refractivity contribution in [2.75, 3.05) is 23.5 Å². The highest BCUT2D eigenvalue weighted by Crippen LogP contribution is 2.26. The van der Waals surface area contributed by atoms with E-state index in [0.717, 1.165) is 11.3 Å². The maximum Gasteiger partial charge on any atom is 0.172 e. The number of rotatable bonds is 3. The van der Waals surface area contributed by atoms with Gasteiger partial charge in [-0.25, -0.2) is 8.42 Å². The van der Waals surface area contributed by atoms with Gasteiger partial charge in [0, 0.05) is 24.3 Å². The first-order valence-electron chi connectivity index (χ1n) is 6.36. The molecule has 3 N–H and O–H groups in total. The van der Waals surface area contributed by atoms with Crippen LogP contribution >= 0.6 is 0 Å². The molecule has 1 aromatic rings. The summed E-state index contributed by atoms with van der Waals surface area (Å²) in [6.45, 7) is 1.91. The quantitative estimate of drug-likeness (QED) is 0.371. The van der Waals surface area contributed by atoms with E-state index in [0.29, 0.717) is 12.0 Å². The number of aryl methyl sites for hydroxylation is 1. The van der Waals surface area contributed by atoms with Gasteiger partial charge in [-0.15, -0.1) is 0 Å². The van der Waals surface area contributed by atoms with E-state index < -0.39 is 9.84 Å². The van der Waals surface area contributed by atoms with Crippen LogP contribution in [-0.2, 0) is 9.84 Å². The molecule has 0 aliphatic carbocycles. The minimum Gasteiger partial charge on any atom is -0.409 e. The number of nitrogens with zero attached hydrogens (tertiary/aromatic N) is 2. The lowest BCUT2D eigenvalue weighted by atomic mass is 10.1. The molecule has 0 amide bonds. The van der Waals surface area contributed by atoms with Gasteiger partial charge in [-0.1, -0.05) is 16.8 Å². The van der Waals surface area contributed by atoms with Gasteiger partial charge < -0.3 is 15.8 Å². The molecule has 110 valence electrons. The molecule has 0 spiro atoms. The first-order chi connectivity index (χ1) is 9.34. The van der Waals surface area contributed by atoms with E-state index in [1.807, 2.05) is 37.1 Å². The Morgan fingerprint density at radius 1 is 1.50 bits per heavy atom. The molecule has 2 rings (SSSR count). The van der Waals surface area contributed by atoms with Gasteiger partial charge in [0.1, 0.15) is 0 Å². The maximum atomic E-state index is 11.6. The Balaban J connectivity index is 2.37. The molecule has 1 aliphatic heterocycles. The molecule has 0 saturated carbocycles. The lowest BCUT2D eigenvalue weighted by molar-refractivity contribution is 0.318. The summed E-state index contributed by atoms with van der Waals surface area (Å²) in [6.07, 6.45) is 0.600. The smallest absolute Gasteiger partial charge is 0.172 e. The van der Waals surface area contributed by atoms with Crippen LogP contribution in [0.25, 0.3) is 0 Å². The summed E-state index contributed by atoms with van der Waals surface area (Å²) in [6, 6.07) is 5.54. The molecule has 1 unspecified atom stereocenters. The Morgan fingerprint density at radius 2 is 2.20 bits per heavy atom. The monoisotopic (exact) mass is 297 g/mol. The highest BCUT2D eigenvalue weighted by Gasteiger charge is 2.31. The van der Waals surface area contributed by atoms with E-state index in [4.69, 9.17) is 10.9 Å². The fraction of sp³-hybridized carbons (Fsp3) is 0.462. The summed E-state index contributed by atoms with van der Waals surface area (Å²) in [5, 5.41) is 11.9. The van der Waals surface area contributed by atoms with Gasteiger partial charge in [0.25, 0.3) is 0 Å². The minimum absolute atomic E-state index is 0.0244. The summed E-state index contributed by atoms with van der Waals surface area (Å²) >= 11 is 0. The Kier molecular flexibility index (Phi) is 3.89. The minimum atomic E-state index is -2.95. The van der Waals surface area contributed by atoms with Crippen LogP contribution in [0.1, 0.15) is 17.5 Å². The zero-order valence-electron chi connectivity index (χ0n) is 11.6. The first kappa shape index (κ1) is 14.6. The van der Waals surface area contributed by atoms with Crippen molar-refractivity contribution < 1.29 is 13.6 Å². The fourth-order valence-corrected chi connectivity index (χ4v) is 4.27. The van der Waals surface area contributed by atoms with Crippen LogP contribution in [0, 0.1) is 6.92 Å². The van der Waals surface area contributed by atoms with E-state index in [2.05, 4.69) is 5.16 Å². The number of hydrogen-bond donors (Lipinski definition) is 2. The van der Waals surface area contributed by atoms with Gasteiger partial charge in [0.2, 0.25) is 0 Å². The van der Waals surface area contributed by atoms with Gasteiger partial charge in [0.05, 0.1) is 11.5 Å². The third-order valence-electron chi connectivity index (χ3n) is 3.67. The van der Waals surface area contributed by atoms with Crippen molar-refractivity contribution in [1.29, 1.82) is 0 Å². The molecule has 0 aromatic heterocycles. The van der Waals surface area contributed by atoms with Crippen molar-refractivity contribution in [2.24, 2.45) is 10.9 Å². The molecule has 20 heavy (non-hydrogen) atoms. The van der Waals surface area contributed by atoms with E-state index >= 15 is 0 Å². The fourth-order valence-electron chi connectivity index (χ4n) is 2.49. The third-order valence-corrected chi connectivity index (χ3v) is 5.42. The van der Waals surface area contributed by atoms with Crippen molar-refractivity contribution >= 4 is 21.4 Å². The highest BCUT2D eigenvalue weighted by atomic mass is 32.2. The van der Waals surface area contributed by atoms with Crippen molar-refractivity contribution in [1.82, 2.24) is 0 Å². The van der Waals surface area contributed by atoms with Crippen LogP contribution < -0.4 is 10.6 Å². The maximum absolute atomic E-state index is 11.6. The van der Waals surface area contributed by atoms with Crippen LogP contribution in [0.4, 0.5) is 5.69 Å². The molecule has 0 radical (unpaired) electrons. The van der Waals surface area contributed by atoms with E-state index in [1.165, 1.54) is 0 Å². The number of oxime groups is 1. The van der Waals surface area contributed by atoms with Gasteiger partial charge in [-0.3, -0.25) is 0 Å². The van der Waals surface area contributed by atoms with Crippen molar-refractivity contribution in [3.05, 3.63) is 29.3 Å². The van der Waals surface area contributed by atoms with Gasteiger partial charge >= 0.3 is 0 Å². The molecule has 1 aliphatic rings.